The van der Waals surface area contributed by atoms with Gasteiger partial charge in [-0.05, 0) is 49.0 Å². The fraction of sp³-hybridized carbons (Fsp3) is 0.333. The fourth-order valence-electron chi connectivity index (χ4n) is 2.96. The molecule has 2 amide bonds. The first-order valence-corrected chi connectivity index (χ1v) is 9.95. The Bertz CT molecular complexity index is 783. The normalized spacial score (nSPS) is 17.2. The topological polar surface area (TPSA) is 61.4 Å². The van der Waals surface area contributed by atoms with Crippen molar-refractivity contribution in [3.63, 3.8) is 0 Å². The molecule has 5 nitrogen and oxygen atoms in total. The molecule has 1 aliphatic rings. The van der Waals surface area contributed by atoms with Crippen molar-refractivity contribution in [1.29, 1.82) is 0 Å². The summed E-state index contributed by atoms with van der Waals surface area (Å²) in [4.78, 5) is 27.8. The monoisotopic (exact) mass is 411 g/mol. The van der Waals surface area contributed by atoms with E-state index in [1.165, 1.54) is 0 Å². The molecular formula is C18H19Cl2N3O2S. The van der Waals surface area contributed by atoms with Gasteiger partial charge in [-0.3, -0.25) is 14.5 Å². The average Bonchev–Trinajstić information content (AvgIpc) is 3.28. The number of nitrogens with one attached hydrogen (secondary N) is 2. The first kappa shape index (κ1) is 19.2. The first-order valence-electron chi connectivity index (χ1n) is 8.32. The molecule has 26 heavy (non-hydrogen) atoms. The number of carbonyl (C=O) groups excluding carboxylic acids is 2. The van der Waals surface area contributed by atoms with E-state index in [1.807, 2.05) is 22.4 Å². The van der Waals surface area contributed by atoms with E-state index < -0.39 is 0 Å². The Labute approximate surface area is 166 Å². The minimum atomic E-state index is -0.350. The van der Waals surface area contributed by atoms with Gasteiger partial charge in [-0.1, -0.05) is 29.3 Å². The first-order chi connectivity index (χ1) is 12.5. The molecule has 1 atom stereocenters. The van der Waals surface area contributed by atoms with Gasteiger partial charge in [0.15, 0.2) is 0 Å². The zero-order valence-corrected chi connectivity index (χ0v) is 16.3. The molecule has 0 bridgehead atoms. The Balaban J connectivity index is 1.56. The lowest BCUT2D eigenvalue weighted by Crippen LogP contribution is -2.44. The number of halogens is 2. The number of thiophene rings is 1. The van der Waals surface area contributed by atoms with Crippen LogP contribution in [-0.2, 0) is 16.1 Å². The van der Waals surface area contributed by atoms with Gasteiger partial charge in [0, 0.05) is 9.90 Å². The minimum Gasteiger partial charge on any atom is -0.350 e. The van der Waals surface area contributed by atoms with Gasteiger partial charge in [0.2, 0.25) is 11.8 Å². The van der Waals surface area contributed by atoms with Crippen molar-refractivity contribution in [1.82, 2.24) is 10.2 Å². The molecule has 1 aromatic heterocycles. The fourth-order valence-corrected chi connectivity index (χ4v) is 3.94. The van der Waals surface area contributed by atoms with Crippen LogP contribution < -0.4 is 10.6 Å². The van der Waals surface area contributed by atoms with Crippen molar-refractivity contribution in [3.8, 4) is 0 Å². The van der Waals surface area contributed by atoms with Crippen molar-refractivity contribution >= 4 is 52.0 Å². The van der Waals surface area contributed by atoms with Gasteiger partial charge in [0.25, 0.3) is 0 Å². The van der Waals surface area contributed by atoms with Crippen molar-refractivity contribution in [2.24, 2.45) is 0 Å². The molecule has 1 aliphatic heterocycles. The molecule has 0 radical (unpaired) electrons. The molecule has 3 rings (SSSR count). The van der Waals surface area contributed by atoms with Crippen LogP contribution in [0.5, 0.6) is 0 Å². The van der Waals surface area contributed by atoms with E-state index in [-0.39, 0.29) is 24.4 Å². The number of rotatable bonds is 6. The van der Waals surface area contributed by atoms with Crippen LogP contribution >= 0.6 is 34.5 Å². The Morgan fingerprint density at radius 1 is 1.27 bits per heavy atom. The molecule has 1 aromatic carbocycles. The second kappa shape index (κ2) is 8.86. The lowest BCUT2D eigenvalue weighted by molar-refractivity contribution is -0.124. The predicted octanol–water partition coefficient (Wildman–Crippen LogP) is 3.77. The third kappa shape index (κ3) is 4.98. The van der Waals surface area contributed by atoms with Crippen molar-refractivity contribution in [3.05, 3.63) is 50.6 Å². The summed E-state index contributed by atoms with van der Waals surface area (Å²) in [6.07, 6.45) is 1.59. The summed E-state index contributed by atoms with van der Waals surface area (Å²) in [5, 5.41) is 8.63. The highest BCUT2D eigenvalue weighted by Gasteiger charge is 2.32. The summed E-state index contributed by atoms with van der Waals surface area (Å²) in [7, 11) is 0. The van der Waals surface area contributed by atoms with Crippen LogP contribution in [0.2, 0.25) is 10.0 Å². The summed E-state index contributed by atoms with van der Waals surface area (Å²) in [5.41, 5.74) is 0.484. The molecule has 0 unspecified atom stereocenters. The van der Waals surface area contributed by atoms with Crippen LogP contribution in [0.4, 0.5) is 5.69 Å². The van der Waals surface area contributed by atoms with E-state index >= 15 is 0 Å². The molecule has 2 heterocycles. The Morgan fingerprint density at radius 2 is 2.12 bits per heavy atom. The van der Waals surface area contributed by atoms with Crippen LogP contribution in [0.25, 0.3) is 0 Å². The quantitative estimate of drug-likeness (QED) is 0.759. The molecule has 2 aromatic rings. The van der Waals surface area contributed by atoms with Gasteiger partial charge in [-0.2, -0.15) is 0 Å². The number of hydrogen-bond donors (Lipinski definition) is 2. The highest BCUT2D eigenvalue weighted by atomic mass is 35.5. The molecule has 2 N–H and O–H groups in total. The molecule has 1 fully saturated rings. The number of hydrogen-bond acceptors (Lipinski definition) is 4. The van der Waals surface area contributed by atoms with E-state index in [4.69, 9.17) is 23.2 Å². The Kier molecular flexibility index (Phi) is 6.53. The van der Waals surface area contributed by atoms with Gasteiger partial charge in [0.1, 0.15) is 0 Å². The number of benzene rings is 1. The maximum atomic E-state index is 12.6. The van der Waals surface area contributed by atoms with Crippen LogP contribution in [-0.4, -0.2) is 35.8 Å². The summed E-state index contributed by atoms with van der Waals surface area (Å²) in [6.45, 7) is 1.43. The van der Waals surface area contributed by atoms with Crippen molar-refractivity contribution in [2.45, 2.75) is 25.4 Å². The number of amides is 2. The molecular weight excluding hydrogens is 393 g/mol. The summed E-state index contributed by atoms with van der Waals surface area (Å²) >= 11 is 13.7. The van der Waals surface area contributed by atoms with Gasteiger partial charge in [0.05, 0.1) is 29.8 Å². The van der Waals surface area contributed by atoms with Gasteiger partial charge in [-0.25, -0.2) is 0 Å². The van der Waals surface area contributed by atoms with Crippen LogP contribution in [0.15, 0.2) is 35.7 Å². The highest BCUT2D eigenvalue weighted by molar-refractivity contribution is 7.09. The zero-order chi connectivity index (χ0) is 18.5. The van der Waals surface area contributed by atoms with Crippen molar-refractivity contribution in [2.75, 3.05) is 18.4 Å². The van der Waals surface area contributed by atoms with Crippen molar-refractivity contribution < 1.29 is 9.59 Å². The van der Waals surface area contributed by atoms with Crippen LogP contribution in [0, 0.1) is 0 Å². The van der Waals surface area contributed by atoms with Crippen LogP contribution in [0.3, 0.4) is 0 Å². The lowest BCUT2D eigenvalue weighted by atomic mass is 10.2. The second-order valence-electron chi connectivity index (χ2n) is 6.10. The third-order valence-electron chi connectivity index (χ3n) is 4.24. The SMILES string of the molecule is O=C(CN1CCC[C@@H]1C(=O)Nc1cc(Cl)ccc1Cl)NCc1cccs1. The lowest BCUT2D eigenvalue weighted by Gasteiger charge is -2.23. The largest absolute Gasteiger partial charge is 0.350 e. The Morgan fingerprint density at radius 3 is 2.88 bits per heavy atom. The summed E-state index contributed by atoms with van der Waals surface area (Å²) in [6, 6.07) is 8.51. The Hall–Kier alpha value is -1.60. The molecule has 8 heteroatoms. The second-order valence-corrected chi connectivity index (χ2v) is 7.97. The number of anilines is 1. The minimum absolute atomic E-state index is 0.0844. The maximum absolute atomic E-state index is 12.6. The highest BCUT2D eigenvalue weighted by Crippen LogP contribution is 2.27. The molecule has 0 spiro atoms. The van der Waals surface area contributed by atoms with E-state index in [0.29, 0.717) is 35.2 Å². The standard InChI is InChI=1S/C18H19Cl2N3O2S/c19-12-5-6-14(20)15(9-12)22-18(25)16-4-1-7-23(16)11-17(24)21-10-13-3-2-8-26-13/h2-3,5-6,8-9,16H,1,4,7,10-11H2,(H,21,24)(H,22,25)/t16-/m1/s1. The molecule has 0 aliphatic carbocycles. The molecule has 0 saturated carbocycles. The number of nitrogens with zero attached hydrogens (tertiary/aromatic N) is 1. The van der Waals surface area contributed by atoms with E-state index in [9.17, 15) is 9.59 Å². The third-order valence-corrected chi connectivity index (χ3v) is 5.68. The molecule has 138 valence electrons. The summed E-state index contributed by atoms with van der Waals surface area (Å²) in [5.74, 6) is -0.253. The van der Waals surface area contributed by atoms with Gasteiger partial charge in [-0.15, -0.1) is 11.3 Å². The number of likely N-dealkylation sites (tertiary alicyclic amines) is 1. The van der Waals surface area contributed by atoms with Gasteiger partial charge < -0.3 is 10.6 Å². The smallest absolute Gasteiger partial charge is 0.241 e. The number of carbonyl (C=O) groups is 2. The van der Waals surface area contributed by atoms with E-state index in [2.05, 4.69) is 10.6 Å². The predicted molar refractivity (Wildman–Crippen MR) is 106 cm³/mol. The van der Waals surface area contributed by atoms with Crippen LogP contribution in [0.1, 0.15) is 17.7 Å². The van der Waals surface area contributed by atoms with Gasteiger partial charge >= 0.3 is 0 Å². The average molecular weight is 412 g/mol. The van der Waals surface area contributed by atoms with E-state index in [1.54, 1.807) is 29.5 Å². The maximum Gasteiger partial charge on any atom is 0.241 e. The zero-order valence-electron chi connectivity index (χ0n) is 14.0. The van der Waals surface area contributed by atoms with E-state index in [0.717, 1.165) is 11.3 Å². The summed E-state index contributed by atoms with van der Waals surface area (Å²) < 4.78 is 0. The molecule has 1 saturated heterocycles.